The molecule has 0 spiro atoms. The molecule has 7 unspecified atom stereocenters. The van der Waals surface area contributed by atoms with Crippen molar-refractivity contribution in [3.05, 3.63) is 12.2 Å². The lowest BCUT2D eigenvalue weighted by atomic mass is 9.99. The number of unbranched alkanes of at least 4 members (excludes halogenated alkanes) is 26. The van der Waals surface area contributed by atoms with Crippen molar-refractivity contribution in [3.63, 3.8) is 0 Å². The fraction of sp³-hybridized carbons (Fsp3) is 0.930. The van der Waals surface area contributed by atoms with E-state index in [1.807, 2.05) is 6.08 Å². The van der Waals surface area contributed by atoms with Crippen LogP contribution in [0.2, 0.25) is 0 Å². The van der Waals surface area contributed by atoms with Gasteiger partial charge in [-0.2, -0.15) is 0 Å². The van der Waals surface area contributed by atoms with Crippen molar-refractivity contribution in [2.75, 3.05) is 13.2 Å². The van der Waals surface area contributed by atoms with E-state index in [1.54, 1.807) is 6.08 Å². The molecule has 1 rings (SSSR count). The number of carbonyl (C=O) groups is 1. The Morgan fingerprint density at radius 3 is 1.50 bits per heavy atom. The molecule has 6 N–H and O–H groups in total. The van der Waals surface area contributed by atoms with Crippen molar-refractivity contribution in [3.8, 4) is 0 Å². The topological polar surface area (TPSA) is 149 Å². The standard InChI is InChI=1S/C43H83NO8/c1-3-5-7-9-11-13-15-17-18-19-21-22-24-26-28-30-32-37(46)36(35-51-43-42(50)41(49)40(48)38(34-45)52-43)44-39(47)33-31-29-27-25-23-20-16-14-12-10-8-6-4-2/h30,32,36-38,40-43,45-46,48-50H,3-29,31,33-35H2,1-2H3,(H,44,47)/b32-30+. The number of rotatable bonds is 36. The van der Waals surface area contributed by atoms with Gasteiger partial charge < -0.3 is 40.3 Å². The summed E-state index contributed by atoms with van der Waals surface area (Å²) in [6.45, 7) is 3.77. The maximum atomic E-state index is 12.9. The van der Waals surface area contributed by atoms with Crippen LogP contribution in [-0.2, 0) is 14.3 Å². The first-order chi connectivity index (χ1) is 25.3. The number of aliphatic hydroxyl groups is 5. The van der Waals surface area contributed by atoms with Gasteiger partial charge >= 0.3 is 0 Å². The molecule has 0 aromatic carbocycles. The van der Waals surface area contributed by atoms with E-state index in [0.717, 1.165) is 38.5 Å². The molecule has 0 radical (unpaired) electrons. The van der Waals surface area contributed by atoms with Crippen LogP contribution in [0.1, 0.15) is 200 Å². The Hall–Kier alpha value is -1.07. The summed E-state index contributed by atoms with van der Waals surface area (Å²) in [5, 5.41) is 54.1. The number of carbonyl (C=O) groups excluding carboxylic acids is 1. The van der Waals surface area contributed by atoms with Crippen LogP contribution >= 0.6 is 0 Å². The third-order valence-corrected chi connectivity index (χ3v) is 10.6. The highest BCUT2D eigenvalue weighted by Gasteiger charge is 2.44. The second kappa shape index (κ2) is 34.4. The third-order valence-electron chi connectivity index (χ3n) is 10.6. The number of aliphatic hydroxyl groups excluding tert-OH is 5. The second-order valence-electron chi connectivity index (χ2n) is 15.5. The monoisotopic (exact) mass is 742 g/mol. The SMILES string of the molecule is CCCCCCCCCCCCCCCC/C=C/C(O)C(COC1OC(CO)C(O)C(O)C1O)NC(=O)CCCCCCCCCCCCCCC. The Bertz CT molecular complexity index is 827. The molecular weight excluding hydrogens is 658 g/mol. The minimum absolute atomic E-state index is 0.176. The van der Waals surface area contributed by atoms with Crippen molar-refractivity contribution in [1.29, 1.82) is 0 Å². The highest BCUT2D eigenvalue weighted by molar-refractivity contribution is 5.76. The fourth-order valence-corrected chi connectivity index (χ4v) is 7.04. The van der Waals surface area contributed by atoms with Gasteiger partial charge in [-0.3, -0.25) is 4.79 Å². The third kappa shape index (κ3) is 25.1. The van der Waals surface area contributed by atoms with E-state index in [1.165, 1.54) is 141 Å². The zero-order valence-corrected chi connectivity index (χ0v) is 33.6. The Labute approximate surface area is 318 Å². The molecule has 1 fully saturated rings. The Morgan fingerprint density at radius 1 is 0.635 bits per heavy atom. The normalized spacial score (nSPS) is 21.9. The average Bonchev–Trinajstić information content (AvgIpc) is 3.14. The van der Waals surface area contributed by atoms with Gasteiger partial charge in [0.1, 0.15) is 24.4 Å². The first kappa shape index (κ1) is 48.9. The number of amides is 1. The van der Waals surface area contributed by atoms with Gasteiger partial charge in [0, 0.05) is 6.42 Å². The smallest absolute Gasteiger partial charge is 0.220 e. The van der Waals surface area contributed by atoms with E-state index in [4.69, 9.17) is 9.47 Å². The van der Waals surface area contributed by atoms with Crippen LogP contribution in [0.3, 0.4) is 0 Å². The minimum atomic E-state index is -1.56. The number of ether oxygens (including phenoxy) is 2. The summed E-state index contributed by atoms with van der Waals surface area (Å²) in [6.07, 6.45) is 31.0. The second-order valence-corrected chi connectivity index (χ2v) is 15.5. The number of allylic oxidation sites excluding steroid dienone is 1. The molecule has 1 aliphatic rings. The molecule has 0 saturated carbocycles. The van der Waals surface area contributed by atoms with Crippen molar-refractivity contribution in [2.24, 2.45) is 0 Å². The minimum Gasteiger partial charge on any atom is -0.394 e. The summed E-state index contributed by atoms with van der Waals surface area (Å²) in [5.41, 5.74) is 0. The first-order valence-corrected chi connectivity index (χ1v) is 21.9. The van der Waals surface area contributed by atoms with Crippen LogP contribution in [0.25, 0.3) is 0 Å². The van der Waals surface area contributed by atoms with Gasteiger partial charge in [-0.1, -0.05) is 187 Å². The lowest BCUT2D eigenvalue weighted by Crippen LogP contribution is -2.60. The van der Waals surface area contributed by atoms with Gasteiger partial charge in [0.25, 0.3) is 0 Å². The van der Waals surface area contributed by atoms with Crippen LogP contribution in [0.5, 0.6) is 0 Å². The largest absolute Gasteiger partial charge is 0.394 e. The molecule has 1 saturated heterocycles. The molecule has 52 heavy (non-hydrogen) atoms. The lowest BCUT2D eigenvalue weighted by molar-refractivity contribution is -0.302. The van der Waals surface area contributed by atoms with E-state index < -0.39 is 49.5 Å². The molecule has 308 valence electrons. The molecule has 1 heterocycles. The number of hydrogen-bond donors (Lipinski definition) is 6. The molecule has 1 amide bonds. The molecule has 0 aromatic heterocycles. The zero-order chi connectivity index (χ0) is 38.1. The maximum absolute atomic E-state index is 12.9. The Morgan fingerprint density at radius 2 is 1.06 bits per heavy atom. The summed E-state index contributed by atoms with van der Waals surface area (Å²) in [6, 6.07) is -0.797. The molecule has 9 nitrogen and oxygen atoms in total. The van der Waals surface area contributed by atoms with Crippen LogP contribution in [0, 0.1) is 0 Å². The first-order valence-electron chi connectivity index (χ1n) is 21.9. The van der Waals surface area contributed by atoms with E-state index in [9.17, 15) is 30.3 Å². The zero-order valence-electron chi connectivity index (χ0n) is 33.6. The maximum Gasteiger partial charge on any atom is 0.220 e. The molecule has 9 heteroatoms. The van der Waals surface area contributed by atoms with Gasteiger partial charge in [0.05, 0.1) is 25.4 Å². The molecule has 1 aliphatic heterocycles. The van der Waals surface area contributed by atoms with Gasteiger partial charge in [-0.05, 0) is 19.3 Å². The van der Waals surface area contributed by atoms with E-state index in [-0.39, 0.29) is 12.5 Å². The van der Waals surface area contributed by atoms with Gasteiger partial charge in [-0.25, -0.2) is 0 Å². The summed E-state index contributed by atoms with van der Waals surface area (Å²) in [7, 11) is 0. The number of hydrogen-bond acceptors (Lipinski definition) is 8. The van der Waals surface area contributed by atoms with Crippen molar-refractivity contribution < 1.29 is 39.8 Å². The highest BCUT2D eigenvalue weighted by Crippen LogP contribution is 2.22. The predicted molar refractivity (Wildman–Crippen MR) is 212 cm³/mol. The van der Waals surface area contributed by atoms with Crippen molar-refractivity contribution >= 4 is 5.91 Å². The summed E-state index contributed by atoms with van der Waals surface area (Å²) in [4.78, 5) is 12.9. The van der Waals surface area contributed by atoms with Crippen LogP contribution in [0.4, 0.5) is 0 Å². The van der Waals surface area contributed by atoms with Gasteiger partial charge in [0.15, 0.2) is 6.29 Å². The molecule has 0 aliphatic carbocycles. The van der Waals surface area contributed by atoms with Gasteiger partial charge in [-0.15, -0.1) is 0 Å². The van der Waals surface area contributed by atoms with E-state index >= 15 is 0 Å². The molecular formula is C43H83NO8. The van der Waals surface area contributed by atoms with E-state index in [0.29, 0.717) is 6.42 Å². The molecule has 7 atom stereocenters. The fourth-order valence-electron chi connectivity index (χ4n) is 7.04. The quantitative estimate of drug-likeness (QED) is 0.0277. The predicted octanol–water partition coefficient (Wildman–Crippen LogP) is 8.56. The highest BCUT2D eigenvalue weighted by atomic mass is 16.7. The van der Waals surface area contributed by atoms with E-state index in [2.05, 4.69) is 19.2 Å². The molecule has 0 bridgehead atoms. The lowest BCUT2D eigenvalue weighted by Gasteiger charge is -2.40. The van der Waals surface area contributed by atoms with Crippen molar-refractivity contribution in [2.45, 2.75) is 243 Å². The van der Waals surface area contributed by atoms with Gasteiger partial charge in [0.2, 0.25) is 5.91 Å². The van der Waals surface area contributed by atoms with Crippen LogP contribution in [-0.4, -0.2) is 87.5 Å². The van der Waals surface area contributed by atoms with Crippen molar-refractivity contribution in [1.82, 2.24) is 5.32 Å². The summed E-state index contributed by atoms with van der Waals surface area (Å²) in [5.74, 6) is -0.176. The Balaban J connectivity index is 2.39. The van der Waals surface area contributed by atoms with Crippen LogP contribution < -0.4 is 5.32 Å². The summed E-state index contributed by atoms with van der Waals surface area (Å²) < 4.78 is 11.2. The number of nitrogens with one attached hydrogen (secondary N) is 1. The van der Waals surface area contributed by atoms with Crippen LogP contribution in [0.15, 0.2) is 12.2 Å². The molecule has 0 aromatic rings. The average molecular weight is 742 g/mol. The Kier molecular flexibility index (Phi) is 32.4. The summed E-state index contributed by atoms with van der Waals surface area (Å²) >= 11 is 0.